The first-order valence-corrected chi connectivity index (χ1v) is 9.85. The number of piperazine rings is 1. The molecule has 2 aromatic rings. The van der Waals surface area contributed by atoms with Gasteiger partial charge in [-0.15, -0.1) is 13.2 Å². The molecule has 0 saturated carbocycles. The number of nitro groups is 1. The van der Waals surface area contributed by atoms with E-state index in [1.165, 1.54) is 24.3 Å². The lowest BCUT2D eigenvalue weighted by molar-refractivity contribution is -0.384. The van der Waals surface area contributed by atoms with Crippen LogP contribution in [0.3, 0.4) is 0 Å². The van der Waals surface area contributed by atoms with E-state index in [0.29, 0.717) is 38.4 Å². The van der Waals surface area contributed by atoms with Gasteiger partial charge in [0, 0.05) is 64.6 Å². The number of ether oxygens (including phenoxy) is 1. The number of rotatable bonds is 6. The molecule has 0 atom stereocenters. The van der Waals surface area contributed by atoms with Gasteiger partial charge in [0.1, 0.15) is 5.75 Å². The van der Waals surface area contributed by atoms with Gasteiger partial charge in [-0.2, -0.15) is 0 Å². The Bertz CT molecular complexity index is 972. The van der Waals surface area contributed by atoms with Crippen LogP contribution in [0.4, 0.5) is 24.5 Å². The Kier molecular flexibility index (Phi) is 6.87. The molecule has 1 fully saturated rings. The van der Waals surface area contributed by atoms with E-state index in [1.54, 1.807) is 42.1 Å². The third-order valence-corrected chi connectivity index (χ3v) is 5.13. The summed E-state index contributed by atoms with van der Waals surface area (Å²) in [6, 6.07) is 9.93. The second-order valence-corrected chi connectivity index (χ2v) is 7.61. The summed E-state index contributed by atoms with van der Waals surface area (Å²) in [4.78, 5) is 29.2. The van der Waals surface area contributed by atoms with E-state index in [9.17, 15) is 28.1 Å². The molecular formula is C21H23F3N4O4. The zero-order chi connectivity index (χ0) is 23.5. The van der Waals surface area contributed by atoms with Crippen LogP contribution < -0.4 is 9.64 Å². The molecule has 2 aromatic carbocycles. The third-order valence-electron chi connectivity index (χ3n) is 5.13. The number of carbonyl (C=O) groups excluding carboxylic acids is 1. The summed E-state index contributed by atoms with van der Waals surface area (Å²) < 4.78 is 40.7. The summed E-state index contributed by atoms with van der Waals surface area (Å²) in [5.74, 6) is -0.545. The van der Waals surface area contributed by atoms with Crippen molar-refractivity contribution in [1.82, 2.24) is 9.80 Å². The quantitative estimate of drug-likeness (QED) is 0.493. The molecule has 0 unspecified atom stereocenters. The van der Waals surface area contributed by atoms with E-state index in [2.05, 4.69) is 9.64 Å². The Labute approximate surface area is 182 Å². The molecule has 8 nitrogen and oxygen atoms in total. The van der Waals surface area contributed by atoms with Crippen LogP contribution in [0, 0.1) is 10.1 Å². The van der Waals surface area contributed by atoms with Crippen LogP contribution in [0.2, 0.25) is 0 Å². The predicted molar refractivity (Wildman–Crippen MR) is 112 cm³/mol. The molecule has 1 aliphatic rings. The number of nitrogens with zero attached hydrogens (tertiary/aromatic N) is 4. The maximum Gasteiger partial charge on any atom is 0.573 e. The van der Waals surface area contributed by atoms with Crippen molar-refractivity contribution in [3.63, 3.8) is 0 Å². The Balaban J connectivity index is 1.62. The van der Waals surface area contributed by atoms with E-state index in [1.807, 2.05) is 0 Å². The second-order valence-electron chi connectivity index (χ2n) is 7.61. The minimum atomic E-state index is -4.73. The fraction of sp³-hybridized carbons (Fsp3) is 0.381. The van der Waals surface area contributed by atoms with Crippen molar-refractivity contribution >= 4 is 17.3 Å². The molecule has 1 saturated heterocycles. The zero-order valence-corrected chi connectivity index (χ0v) is 17.6. The predicted octanol–water partition coefficient (Wildman–Crippen LogP) is 3.52. The van der Waals surface area contributed by atoms with Crippen LogP contribution in [-0.4, -0.2) is 67.3 Å². The Morgan fingerprint density at radius 3 is 2.25 bits per heavy atom. The molecule has 0 N–H and O–H groups in total. The average Bonchev–Trinajstić information content (AvgIpc) is 2.73. The lowest BCUT2D eigenvalue weighted by Gasteiger charge is -2.35. The minimum absolute atomic E-state index is 0.143. The number of alkyl halides is 3. The Morgan fingerprint density at radius 2 is 1.72 bits per heavy atom. The van der Waals surface area contributed by atoms with Gasteiger partial charge >= 0.3 is 6.36 Å². The maximum atomic E-state index is 13.1. The Morgan fingerprint density at radius 1 is 1.09 bits per heavy atom. The number of nitro benzene ring substituents is 1. The summed E-state index contributed by atoms with van der Waals surface area (Å²) in [7, 11) is 3.53. The highest BCUT2D eigenvalue weighted by atomic mass is 19.4. The molecular weight excluding hydrogens is 429 g/mol. The Hall–Kier alpha value is -3.34. The van der Waals surface area contributed by atoms with Crippen LogP contribution in [-0.2, 0) is 6.54 Å². The number of benzene rings is 2. The largest absolute Gasteiger partial charge is 0.573 e. The number of hydrogen-bond donors (Lipinski definition) is 0. The van der Waals surface area contributed by atoms with Crippen LogP contribution in [0.25, 0.3) is 0 Å². The first-order chi connectivity index (χ1) is 15.0. The molecule has 0 bridgehead atoms. The van der Waals surface area contributed by atoms with Gasteiger partial charge in [-0.25, -0.2) is 0 Å². The lowest BCUT2D eigenvalue weighted by Crippen LogP contribution is -2.48. The van der Waals surface area contributed by atoms with Gasteiger partial charge in [-0.05, 0) is 23.8 Å². The normalized spacial score (nSPS) is 14.8. The van der Waals surface area contributed by atoms with Crippen molar-refractivity contribution in [2.45, 2.75) is 12.9 Å². The van der Waals surface area contributed by atoms with Gasteiger partial charge in [-0.1, -0.05) is 12.1 Å². The van der Waals surface area contributed by atoms with Crippen molar-refractivity contribution in [3.05, 3.63) is 63.7 Å². The number of carbonyl (C=O) groups is 1. The van der Waals surface area contributed by atoms with E-state index in [4.69, 9.17) is 0 Å². The van der Waals surface area contributed by atoms with Gasteiger partial charge in [-0.3, -0.25) is 19.8 Å². The summed E-state index contributed by atoms with van der Waals surface area (Å²) in [5.41, 5.74) is 1.56. The summed E-state index contributed by atoms with van der Waals surface area (Å²) >= 11 is 0. The molecule has 1 aliphatic heterocycles. The standard InChI is InChI=1S/C21H23F3N4O4/c1-25(2)19-8-5-16(28(30)31)13-18(19)20(29)27-11-9-26(10-12-27)14-15-3-6-17(7-4-15)32-21(22,23)24/h3-8,13H,9-12,14H2,1-2H3. The SMILES string of the molecule is CN(C)c1ccc([N+](=O)[O-])cc1C(=O)N1CCN(Cc2ccc(OC(F)(F)F)cc2)CC1. The molecule has 0 aliphatic carbocycles. The lowest BCUT2D eigenvalue weighted by atomic mass is 10.1. The van der Waals surface area contributed by atoms with Crippen LogP contribution in [0.1, 0.15) is 15.9 Å². The molecule has 0 radical (unpaired) electrons. The number of anilines is 1. The van der Waals surface area contributed by atoms with Crippen molar-refractivity contribution < 1.29 is 27.6 Å². The number of non-ortho nitro benzene ring substituents is 1. The first kappa shape index (κ1) is 23.3. The van der Waals surface area contributed by atoms with Crippen LogP contribution >= 0.6 is 0 Å². The molecule has 1 heterocycles. The molecule has 0 aromatic heterocycles. The van der Waals surface area contributed by atoms with E-state index in [0.717, 1.165) is 5.56 Å². The molecule has 0 spiro atoms. The fourth-order valence-corrected chi connectivity index (χ4v) is 3.53. The van der Waals surface area contributed by atoms with Crippen molar-refractivity contribution in [3.8, 4) is 5.75 Å². The fourth-order valence-electron chi connectivity index (χ4n) is 3.53. The van der Waals surface area contributed by atoms with Gasteiger partial charge in [0.2, 0.25) is 0 Å². The van der Waals surface area contributed by atoms with Crippen molar-refractivity contribution in [2.24, 2.45) is 0 Å². The maximum absolute atomic E-state index is 13.1. The van der Waals surface area contributed by atoms with Gasteiger partial charge in [0.25, 0.3) is 11.6 Å². The number of halogens is 3. The van der Waals surface area contributed by atoms with E-state index >= 15 is 0 Å². The smallest absolute Gasteiger partial charge is 0.406 e. The summed E-state index contributed by atoms with van der Waals surface area (Å²) in [6.45, 7) is 2.53. The number of amides is 1. The molecule has 1 amide bonds. The van der Waals surface area contributed by atoms with Gasteiger partial charge in [0.05, 0.1) is 10.5 Å². The highest BCUT2D eigenvalue weighted by molar-refractivity contribution is 6.00. The first-order valence-electron chi connectivity index (χ1n) is 9.85. The zero-order valence-electron chi connectivity index (χ0n) is 17.6. The van der Waals surface area contributed by atoms with Crippen molar-refractivity contribution in [1.29, 1.82) is 0 Å². The van der Waals surface area contributed by atoms with Gasteiger partial charge < -0.3 is 14.5 Å². The molecule has 172 valence electrons. The highest BCUT2D eigenvalue weighted by Gasteiger charge is 2.31. The van der Waals surface area contributed by atoms with Crippen LogP contribution in [0.15, 0.2) is 42.5 Å². The summed E-state index contributed by atoms with van der Waals surface area (Å²) in [5, 5.41) is 11.1. The molecule has 3 rings (SSSR count). The monoisotopic (exact) mass is 452 g/mol. The topological polar surface area (TPSA) is 79.2 Å². The van der Waals surface area contributed by atoms with E-state index < -0.39 is 11.3 Å². The van der Waals surface area contributed by atoms with Gasteiger partial charge in [0.15, 0.2) is 0 Å². The third kappa shape index (κ3) is 5.88. The van der Waals surface area contributed by atoms with Crippen LogP contribution in [0.5, 0.6) is 5.75 Å². The minimum Gasteiger partial charge on any atom is -0.406 e. The molecule has 11 heteroatoms. The average molecular weight is 452 g/mol. The van der Waals surface area contributed by atoms with E-state index in [-0.39, 0.29) is 22.9 Å². The summed E-state index contributed by atoms with van der Waals surface area (Å²) in [6.07, 6.45) is -4.73. The highest BCUT2D eigenvalue weighted by Crippen LogP contribution is 2.26. The van der Waals surface area contributed by atoms with Crippen molar-refractivity contribution in [2.75, 3.05) is 45.2 Å². The number of hydrogen-bond acceptors (Lipinski definition) is 6. The molecule has 32 heavy (non-hydrogen) atoms. The second kappa shape index (κ2) is 9.43.